The van der Waals surface area contributed by atoms with E-state index >= 15 is 0 Å². The molecule has 2 aromatic rings. The van der Waals surface area contributed by atoms with Gasteiger partial charge < -0.3 is 11.1 Å². The van der Waals surface area contributed by atoms with Gasteiger partial charge in [-0.3, -0.25) is 4.79 Å². The molecule has 124 valence electrons. The van der Waals surface area contributed by atoms with Crippen LogP contribution in [0.25, 0.3) is 5.69 Å². The van der Waals surface area contributed by atoms with Crippen LogP contribution in [0, 0.1) is 5.41 Å². The van der Waals surface area contributed by atoms with Crippen molar-refractivity contribution in [3.05, 3.63) is 48.3 Å². The predicted molar refractivity (Wildman–Crippen MR) is 92.6 cm³/mol. The summed E-state index contributed by atoms with van der Waals surface area (Å²) in [6.07, 6.45) is 7.72. The fourth-order valence-electron chi connectivity index (χ4n) is 3.12. The van der Waals surface area contributed by atoms with E-state index < -0.39 is 0 Å². The smallest absolute Gasteiger partial charge is 0.227 e. The molecule has 0 radical (unpaired) electrons. The van der Waals surface area contributed by atoms with Gasteiger partial charge in [-0.2, -0.15) is 5.10 Å². The van der Waals surface area contributed by atoms with Gasteiger partial charge in [-0.25, -0.2) is 4.68 Å². The van der Waals surface area contributed by atoms with Crippen molar-refractivity contribution in [3.63, 3.8) is 0 Å². The average molecular weight is 335 g/mol. The molecule has 6 heteroatoms. The number of para-hydroxylation sites is 1. The highest BCUT2D eigenvalue weighted by Crippen LogP contribution is 2.37. The lowest BCUT2D eigenvalue weighted by Crippen LogP contribution is -2.43. The average Bonchev–Trinajstić information content (AvgIpc) is 3.23. The van der Waals surface area contributed by atoms with Crippen molar-refractivity contribution in [3.8, 4) is 5.69 Å². The maximum atomic E-state index is 12.4. The van der Waals surface area contributed by atoms with Gasteiger partial charge in [0.15, 0.2) is 0 Å². The molecule has 1 fully saturated rings. The molecule has 1 saturated carbocycles. The van der Waals surface area contributed by atoms with Crippen LogP contribution >= 0.6 is 12.4 Å². The first kappa shape index (κ1) is 17.5. The van der Waals surface area contributed by atoms with E-state index in [0.29, 0.717) is 13.1 Å². The number of hydrogen-bond acceptors (Lipinski definition) is 3. The number of rotatable bonds is 5. The Balaban J connectivity index is 0.00000192. The summed E-state index contributed by atoms with van der Waals surface area (Å²) in [6, 6.07) is 9.92. The van der Waals surface area contributed by atoms with E-state index in [1.165, 1.54) is 0 Å². The molecule has 1 aliphatic carbocycles. The molecular weight excluding hydrogens is 312 g/mol. The Morgan fingerprint density at radius 1 is 1.26 bits per heavy atom. The molecule has 0 atom stereocenters. The summed E-state index contributed by atoms with van der Waals surface area (Å²) in [5.74, 6) is 0.0833. The Labute approximate surface area is 142 Å². The van der Waals surface area contributed by atoms with E-state index in [1.807, 2.05) is 41.2 Å². The highest BCUT2D eigenvalue weighted by atomic mass is 35.5. The van der Waals surface area contributed by atoms with Crippen LogP contribution in [0.2, 0.25) is 0 Å². The van der Waals surface area contributed by atoms with Crippen molar-refractivity contribution >= 4 is 18.3 Å². The molecule has 0 spiro atoms. The van der Waals surface area contributed by atoms with Crippen LogP contribution in [0.5, 0.6) is 0 Å². The van der Waals surface area contributed by atoms with Gasteiger partial charge in [0.25, 0.3) is 0 Å². The number of halogens is 1. The van der Waals surface area contributed by atoms with Crippen LogP contribution in [0.1, 0.15) is 31.2 Å². The van der Waals surface area contributed by atoms with Gasteiger partial charge in [0.05, 0.1) is 17.3 Å². The lowest BCUT2D eigenvalue weighted by atomic mass is 9.85. The summed E-state index contributed by atoms with van der Waals surface area (Å²) < 4.78 is 1.82. The van der Waals surface area contributed by atoms with Crippen LogP contribution in [0.15, 0.2) is 42.7 Å². The molecule has 3 rings (SSSR count). The lowest BCUT2D eigenvalue weighted by molar-refractivity contribution is -0.130. The van der Waals surface area contributed by atoms with Gasteiger partial charge in [0, 0.05) is 24.8 Å². The number of benzene rings is 1. The van der Waals surface area contributed by atoms with Crippen molar-refractivity contribution in [2.24, 2.45) is 11.1 Å². The number of nitrogens with one attached hydrogen (secondary N) is 1. The third-order valence-corrected chi connectivity index (χ3v) is 4.54. The van der Waals surface area contributed by atoms with Crippen LogP contribution < -0.4 is 11.1 Å². The van der Waals surface area contributed by atoms with E-state index in [1.54, 1.807) is 6.20 Å². The Bertz CT molecular complexity index is 635. The molecule has 1 aromatic carbocycles. The number of nitrogens with zero attached hydrogens (tertiary/aromatic N) is 2. The van der Waals surface area contributed by atoms with E-state index in [-0.39, 0.29) is 23.7 Å². The SMILES string of the molecule is Cl.NCC1(C(=O)NCc2cnn(-c3ccccc3)c2)CCCC1. The second kappa shape index (κ2) is 7.62. The van der Waals surface area contributed by atoms with Gasteiger partial charge in [-0.15, -0.1) is 12.4 Å². The zero-order chi connectivity index (χ0) is 15.4. The fraction of sp³-hybridized carbons (Fsp3) is 0.412. The molecule has 0 saturated heterocycles. The largest absolute Gasteiger partial charge is 0.351 e. The first-order valence-corrected chi connectivity index (χ1v) is 7.81. The number of nitrogens with two attached hydrogens (primary N) is 1. The van der Waals surface area contributed by atoms with Crippen molar-refractivity contribution in [1.29, 1.82) is 0 Å². The monoisotopic (exact) mass is 334 g/mol. The fourth-order valence-corrected chi connectivity index (χ4v) is 3.12. The minimum absolute atomic E-state index is 0. The quantitative estimate of drug-likeness (QED) is 0.882. The van der Waals surface area contributed by atoms with Gasteiger partial charge in [-0.1, -0.05) is 31.0 Å². The van der Waals surface area contributed by atoms with Crippen molar-refractivity contribution in [1.82, 2.24) is 15.1 Å². The molecule has 3 N–H and O–H groups in total. The van der Waals surface area contributed by atoms with Crippen LogP contribution in [0.3, 0.4) is 0 Å². The van der Waals surface area contributed by atoms with E-state index in [2.05, 4.69) is 10.4 Å². The van der Waals surface area contributed by atoms with Gasteiger partial charge in [0.2, 0.25) is 5.91 Å². The van der Waals surface area contributed by atoms with Crippen LogP contribution in [-0.4, -0.2) is 22.2 Å². The number of amides is 1. The molecule has 1 heterocycles. The number of aromatic nitrogens is 2. The first-order chi connectivity index (χ1) is 10.7. The summed E-state index contributed by atoms with van der Waals surface area (Å²) >= 11 is 0. The van der Waals surface area contributed by atoms with Crippen LogP contribution in [-0.2, 0) is 11.3 Å². The minimum Gasteiger partial charge on any atom is -0.351 e. The summed E-state index contributed by atoms with van der Waals surface area (Å²) in [7, 11) is 0. The second-order valence-electron chi connectivity index (χ2n) is 6.00. The highest BCUT2D eigenvalue weighted by molar-refractivity contribution is 5.85. The van der Waals surface area contributed by atoms with E-state index in [4.69, 9.17) is 5.73 Å². The van der Waals surface area contributed by atoms with Crippen molar-refractivity contribution < 1.29 is 4.79 Å². The lowest BCUT2D eigenvalue weighted by Gasteiger charge is -2.25. The molecule has 5 nitrogen and oxygen atoms in total. The normalized spacial score (nSPS) is 15.9. The predicted octanol–water partition coefficient (Wildman–Crippen LogP) is 2.43. The molecule has 0 bridgehead atoms. The summed E-state index contributed by atoms with van der Waals surface area (Å²) in [4.78, 5) is 12.4. The Hall–Kier alpha value is -1.85. The molecule has 0 unspecified atom stereocenters. The van der Waals surface area contributed by atoms with Gasteiger partial charge >= 0.3 is 0 Å². The van der Waals surface area contributed by atoms with Gasteiger partial charge in [-0.05, 0) is 25.0 Å². The van der Waals surface area contributed by atoms with Crippen molar-refractivity contribution in [2.45, 2.75) is 32.2 Å². The topological polar surface area (TPSA) is 72.9 Å². The summed E-state index contributed by atoms with van der Waals surface area (Å²) in [6.45, 7) is 0.926. The Morgan fingerprint density at radius 3 is 2.61 bits per heavy atom. The third kappa shape index (κ3) is 3.74. The van der Waals surface area contributed by atoms with E-state index in [0.717, 1.165) is 36.9 Å². The van der Waals surface area contributed by atoms with Gasteiger partial charge in [0.1, 0.15) is 0 Å². The first-order valence-electron chi connectivity index (χ1n) is 7.81. The molecule has 0 aliphatic heterocycles. The maximum Gasteiger partial charge on any atom is 0.227 e. The number of carbonyl (C=O) groups is 1. The molecule has 1 amide bonds. The molecule has 23 heavy (non-hydrogen) atoms. The number of carbonyl (C=O) groups excluding carboxylic acids is 1. The third-order valence-electron chi connectivity index (χ3n) is 4.54. The molecule has 1 aliphatic rings. The maximum absolute atomic E-state index is 12.4. The second-order valence-corrected chi connectivity index (χ2v) is 6.00. The Kier molecular flexibility index (Phi) is 5.80. The summed E-state index contributed by atoms with van der Waals surface area (Å²) in [5, 5.41) is 7.37. The Morgan fingerprint density at radius 2 is 1.96 bits per heavy atom. The molecule has 1 aromatic heterocycles. The highest BCUT2D eigenvalue weighted by Gasteiger charge is 2.39. The molecular formula is C17H23ClN4O. The summed E-state index contributed by atoms with van der Waals surface area (Å²) in [5.41, 5.74) is 7.49. The minimum atomic E-state index is -0.352. The van der Waals surface area contributed by atoms with Crippen molar-refractivity contribution in [2.75, 3.05) is 6.54 Å². The zero-order valence-electron chi connectivity index (χ0n) is 13.1. The van der Waals surface area contributed by atoms with E-state index in [9.17, 15) is 4.79 Å². The number of hydrogen-bond donors (Lipinski definition) is 2. The van der Waals surface area contributed by atoms with Crippen LogP contribution in [0.4, 0.5) is 0 Å². The zero-order valence-corrected chi connectivity index (χ0v) is 13.9. The standard InChI is InChI=1S/C17H22N4O.ClH/c18-13-17(8-4-5-9-17)16(22)19-10-14-11-20-21(12-14)15-6-2-1-3-7-15;/h1-3,6-7,11-12H,4-5,8-10,13,18H2,(H,19,22);1H.